The zero-order valence-corrected chi connectivity index (χ0v) is 14.9. The first kappa shape index (κ1) is 18.3. The van der Waals surface area contributed by atoms with Crippen LogP contribution in [0.3, 0.4) is 0 Å². The highest BCUT2D eigenvalue weighted by Crippen LogP contribution is 2.22. The molecule has 0 bridgehead atoms. The summed E-state index contributed by atoms with van der Waals surface area (Å²) in [6, 6.07) is 14.0. The van der Waals surface area contributed by atoms with E-state index in [-0.39, 0.29) is 6.04 Å². The lowest BCUT2D eigenvalue weighted by Gasteiger charge is -2.26. The van der Waals surface area contributed by atoms with Gasteiger partial charge < -0.3 is 10.2 Å². The Morgan fingerprint density at radius 3 is 2.17 bits per heavy atom. The lowest BCUT2D eigenvalue weighted by Crippen LogP contribution is -2.43. The molecule has 2 amide bonds. The molecule has 0 aliphatic heterocycles. The molecule has 2 aromatic rings. The monoisotopic (exact) mass is 364 g/mol. The molecule has 0 fully saturated rings. The smallest absolute Gasteiger partial charge is 0.313 e. The Kier molecular flexibility index (Phi) is 6.23. The van der Waals surface area contributed by atoms with E-state index in [4.69, 9.17) is 23.2 Å². The largest absolute Gasteiger partial charge is 0.328 e. The second-order valence-corrected chi connectivity index (χ2v) is 6.50. The summed E-state index contributed by atoms with van der Waals surface area (Å²) in [4.78, 5) is 26.3. The molecule has 0 aliphatic carbocycles. The summed E-state index contributed by atoms with van der Waals surface area (Å²) in [6.07, 6.45) is 0. The standard InChI is InChI=1S/C18H18Cl2N2O2/c1-12(2)22(11-13-6-4-3-5-7-13)18(24)17(23)21-16-9-14(19)8-15(20)10-16/h3-10,12H,11H2,1-2H3,(H,21,23). The molecular formula is C18H18Cl2N2O2. The van der Waals surface area contributed by atoms with E-state index >= 15 is 0 Å². The fourth-order valence-electron chi connectivity index (χ4n) is 2.21. The molecule has 0 radical (unpaired) electrons. The van der Waals surface area contributed by atoms with Gasteiger partial charge in [0.25, 0.3) is 0 Å². The van der Waals surface area contributed by atoms with E-state index in [1.54, 1.807) is 6.07 Å². The van der Waals surface area contributed by atoms with Crippen molar-refractivity contribution < 1.29 is 9.59 Å². The minimum Gasteiger partial charge on any atom is -0.328 e. The zero-order chi connectivity index (χ0) is 17.7. The number of hydrogen-bond donors (Lipinski definition) is 1. The maximum atomic E-state index is 12.5. The number of benzene rings is 2. The van der Waals surface area contributed by atoms with Crippen LogP contribution in [0.2, 0.25) is 10.0 Å². The summed E-state index contributed by atoms with van der Waals surface area (Å²) >= 11 is 11.8. The summed E-state index contributed by atoms with van der Waals surface area (Å²) in [6.45, 7) is 4.09. The SMILES string of the molecule is CC(C)N(Cc1ccccc1)C(=O)C(=O)Nc1cc(Cl)cc(Cl)c1. The van der Waals surface area contributed by atoms with E-state index in [2.05, 4.69) is 5.32 Å². The number of carbonyl (C=O) groups excluding carboxylic acids is 2. The Morgan fingerprint density at radius 1 is 1.04 bits per heavy atom. The number of anilines is 1. The third kappa shape index (κ3) is 4.98. The number of carbonyl (C=O) groups is 2. The first-order valence-corrected chi connectivity index (χ1v) is 8.24. The fraction of sp³-hybridized carbons (Fsp3) is 0.222. The Hall–Kier alpha value is -2.04. The second-order valence-electron chi connectivity index (χ2n) is 5.62. The molecule has 6 heteroatoms. The van der Waals surface area contributed by atoms with Crippen molar-refractivity contribution in [3.8, 4) is 0 Å². The Labute approximate surface area is 151 Å². The van der Waals surface area contributed by atoms with Crippen LogP contribution < -0.4 is 5.32 Å². The van der Waals surface area contributed by atoms with Crippen molar-refractivity contribution in [3.63, 3.8) is 0 Å². The number of nitrogens with zero attached hydrogens (tertiary/aromatic N) is 1. The van der Waals surface area contributed by atoms with Gasteiger partial charge in [0, 0.05) is 28.3 Å². The van der Waals surface area contributed by atoms with E-state index < -0.39 is 11.8 Å². The van der Waals surface area contributed by atoms with Gasteiger partial charge in [0.2, 0.25) is 0 Å². The van der Waals surface area contributed by atoms with Crippen LogP contribution in [0.25, 0.3) is 0 Å². The van der Waals surface area contributed by atoms with Crippen LogP contribution >= 0.6 is 23.2 Å². The molecule has 126 valence electrons. The van der Waals surface area contributed by atoms with Crippen molar-refractivity contribution >= 4 is 40.7 Å². The first-order chi connectivity index (χ1) is 11.4. The molecule has 0 saturated heterocycles. The van der Waals surface area contributed by atoms with Gasteiger partial charge in [-0.2, -0.15) is 0 Å². The third-order valence-corrected chi connectivity index (χ3v) is 3.83. The molecule has 0 atom stereocenters. The quantitative estimate of drug-likeness (QED) is 0.818. The van der Waals surface area contributed by atoms with Crippen LogP contribution in [-0.4, -0.2) is 22.8 Å². The fourth-order valence-corrected chi connectivity index (χ4v) is 2.74. The van der Waals surface area contributed by atoms with Crippen molar-refractivity contribution in [2.45, 2.75) is 26.4 Å². The van der Waals surface area contributed by atoms with Gasteiger partial charge in [-0.1, -0.05) is 53.5 Å². The molecule has 4 nitrogen and oxygen atoms in total. The summed E-state index contributed by atoms with van der Waals surface area (Å²) in [5, 5.41) is 3.31. The van der Waals surface area contributed by atoms with Gasteiger partial charge >= 0.3 is 11.8 Å². The van der Waals surface area contributed by atoms with E-state index in [0.717, 1.165) is 5.56 Å². The molecule has 0 aromatic heterocycles. The predicted molar refractivity (Wildman–Crippen MR) is 97.2 cm³/mol. The second kappa shape index (κ2) is 8.18. The van der Waals surface area contributed by atoms with Gasteiger partial charge in [-0.15, -0.1) is 0 Å². The molecule has 0 heterocycles. The molecule has 2 rings (SSSR count). The zero-order valence-electron chi connectivity index (χ0n) is 13.4. The van der Waals surface area contributed by atoms with E-state index in [1.807, 2.05) is 44.2 Å². The Morgan fingerprint density at radius 2 is 1.62 bits per heavy atom. The molecular weight excluding hydrogens is 347 g/mol. The lowest BCUT2D eigenvalue weighted by molar-refractivity contribution is -0.144. The summed E-state index contributed by atoms with van der Waals surface area (Å²) < 4.78 is 0. The van der Waals surface area contributed by atoms with Crippen LogP contribution in [-0.2, 0) is 16.1 Å². The van der Waals surface area contributed by atoms with Gasteiger partial charge in [-0.3, -0.25) is 9.59 Å². The van der Waals surface area contributed by atoms with Crippen molar-refractivity contribution in [2.75, 3.05) is 5.32 Å². The number of rotatable bonds is 4. The highest BCUT2D eigenvalue weighted by molar-refractivity contribution is 6.40. The van der Waals surface area contributed by atoms with Crippen LogP contribution in [0.15, 0.2) is 48.5 Å². The molecule has 2 aromatic carbocycles. The lowest BCUT2D eigenvalue weighted by atomic mass is 10.2. The van der Waals surface area contributed by atoms with Gasteiger partial charge in [0.15, 0.2) is 0 Å². The highest BCUT2D eigenvalue weighted by Gasteiger charge is 2.24. The van der Waals surface area contributed by atoms with Crippen LogP contribution in [0.1, 0.15) is 19.4 Å². The maximum Gasteiger partial charge on any atom is 0.313 e. The van der Waals surface area contributed by atoms with Gasteiger partial charge in [-0.05, 0) is 37.6 Å². The van der Waals surface area contributed by atoms with E-state index in [9.17, 15) is 9.59 Å². The molecule has 0 saturated carbocycles. The van der Waals surface area contributed by atoms with Crippen molar-refractivity contribution in [1.82, 2.24) is 4.90 Å². The summed E-state index contributed by atoms with van der Waals surface area (Å²) in [5.41, 5.74) is 1.34. The number of amides is 2. The van der Waals surface area contributed by atoms with Crippen molar-refractivity contribution in [3.05, 3.63) is 64.1 Å². The van der Waals surface area contributed by atoms with E-state index in [1.165, 1.54) is 17.0 Å². The molecule has 1 N–H and O–H groups in total. The topological polar surface area (TPSA) is 49.4 Å². The summed E-state index contributed by atoms with van der Waals surface area (Å²) in [7, 11) is 0. The summed E-state index contributed by atoms with van der Waals surface area (Å²) in [5.74, 6) is -1.33. The number of hydrogen-bond acceptors (Lipinski definition) is 2. The van der Waals surface area contributed by atoms with Crippen LogP contribution in [0.5, 0.6) is 0 Å². The predicted octanol–water partition coefficient (Wildman–Crippen LogP) is 4.37. The normalized spacial score (nSPS) is 10.5. The molecule has 0 spiro atoms. The molecule has 0 aliphatic rings. The van der Waals surface area contributed by atoms with Gasteiger partial charge in [0.05, 0.1) is 0 Å². The number of halogens is 2. The minimum atomic E-state index is -0.724. The van der Waals surface area contributed by atoms with Gasteiger partial charge in [-0.25, -0.2) is 0 Å². The maximum absolute atomic E-state index is 12.5. The number of nitrogens with one attached hydrogen (secondary N) is 1. The van der Waals surface area contributed by atoms with Gasteiger partial charge in [0.1, 0.15) is 0 Å². The first-order valence-electron chi connectivity index (χ1n) is 7.49. The van der Waals surface area contributed by atoms with Crippen LogP contribution in [0, 0.1) is 0 Å². The van der Waals surface area contributed by atoms with Crippen molar-refractivity contribution in [2.24, 2.45) is 0 Å². The Bertz CT molecular complexity index is 713. The Balaban J connectivity index is 2.12. The van der Waals surface area contributed by atoms with Crippen molar-refractivity contribution in [1.29, 1.82) is 0 Å². The molecule has 0 unspecified atom stereocenters. The minimum absolute atomic E-state index is 0.119. The van der Waals surface area contributed by atoms with E-state index in [0.29, 0.717) is 22.3 Å². The average molecular weight is 365 g/mol. The third-order valence-electron chi connectivity index (χ3n) is 3.39. The highest BCUT2D eigenvalue weighted by atomic mass is 35.5. The average Bonchev–Trinajstić information content (AvgIpc) is 2.51. The molecule has 24 heavy (non-hydrogen) atoms. The van der Waals surface area contributed by atoms with Crippen LogP contribution in [0.4, 0.5) is 5.69 Å².